The van der Waals surface area contributed by atoms with Crippen LogP contribution in [-0.2, 0) is 6.54 Å². The van der Waals surface area contributed by atoms with Crippen molar-refractivity contribution in [2.75, 3.05) is 24.7 Å². The molecule has 0 aliphatic carbocycles. The maximum atomic E-state index is 13.6. The van der Waals surface area contributed by atoms with Gasteiger partial charge in [0.25, 0.3) is 5.91 Å². The molecule has 2 aromatic carbocycles. The van der Waals surface area contributed by atoms with Gasteiger partial charge in [-0.15, -0.1) is 0 Å². The van der Waals surface area contributed by atoms with Crippen LogP contribution < -0.4 is 19.1 Å². The Hall–Kier alpha value is -3.65. The molecule has 2 aromatic heterocycles. The van der Waals surface area contributed by atoms with Gasteiger partial charge in [-0.25, -0.2) is 4.98 Å². The number of carbonyl (C=O) groups is 1. The minimum Gasteiger partial charge on any atom is -0.494 e. The Bertz CT molecular complexity index is 1230. The number of fused-ring (bicyclic) bond motifs is 2. The number of carbonyl (C=O) groups excluding carboxylic acids is 1. The Kier molecular flexibility index (Phi) is 6.58. The van der Waals surface area contributed by atoms with E-state index >= 15 is 0 Å². The summed E-state index contributed by atoms with van der Waals surface area (Å²) in [6.45, 7) is 4.18. The second-order valence-corrected chi connectivity index (χ2v) is 8.95. The fraction of sp³-hybridized carbons (Fsp3) is 0.269. The van der Waals surface area contributed by atoms with Crippen molar-refractivity contribution in [1.29, 1.82) is 0 Å². The zero-order valence-electron chi connectivity index (χ0n) is 18.9. The van der Waals surface area contributed by atoms with Crippen LogP contribution in [0.15, 0.2) is 60.9 Å². The molecule has 4 aromatic rings. The van der Waals surface area contributed by atoms with Crippen LogP contribution in [0, 0.1) is 0 Å². The Balaban J connectivity index is 1.46. The third-order valence-corrected chi connectivity index (χ3v) is 6.49. The number of ether oxygens (including phenoxy) is 3. The van der Waals surface area contributed by atoms with Crippen LogP contribution in [0.25, 0.3) is 10.2 Å². The minimum atomic E-state index is -0.139. The third-order valence-electron chi connectivity index (χ3n) is 5.45. The number of aromatic nitrogens is 2. The van der Waals surface area contributed by atoms with Crippen LogP contribution in [0.5, 0.6) is 17.2 Å². The summed E-state index contributed by atoms with van der Waals surface area (Å²) < 4.78 is 18.1. The van der Waals surface area contributed by atoms with E-state index in [9.17, 15) is 4.79 Å². The maximum Gasteiger partial charge on any atom is 0.260 e. The number of thiazole rings is 1. The Morgan fingerprint density at radius 3 is 2.65 bits per heavy atom. The molecular formula is C26H25N3O4S. The van der Waals surface area contributed by atoms with Crippen molar-refractivity contribution in [3.05, 3.63) is 72.1 Å². The van der Waals surface area contributed by atoms with E-state index in [1.807, 2.05) is 36.4 Å². The van der Waals surface area contributed by atoms with Crippen LogP contribution in [0.3, 0.4) is 0 Å². The number of hydrogen-bond donors (Lipinski definition) is 0. The van der Waals surface area contributed by atoms with Gasteiger partial charge in [-0.2, -0.15) is 0 Å². The van der Waals surface area contributed by atoms with Gasteiger partial charge in [0.15, 0.2) is 16.6 Å². The highest BCUT2D eigenvalue weighted by Crippen LogP contribution is 2.39. The highest BCUT2D eigenvalue weighted by molar-refractivity contribution is 7.22. The van der Waals surface area contributed by atoms with E-state index in [0.717, 1.165) is 34.4 Å². The summed E-state index contributed by atoms with van der Waals surface area (Å²) in [5.41, 5.74) is 2.26. The normalized spacial score (nSPS) is 12.5. The highest BCUT2D eigenvalue weighted by atomic mass is 32.1. The maximum absolute atomic E-state index is 13.6. The van der Waals surface area contributed by atoms with E-state index in [4.69, 9.17) is 19.2 Å². The molecule has 34 heavy (non-hydrogen) atoms. The average molecular weight is 476 g/mol. The Labute approximate surface area is 201 Å². The molecule has 174 valence electrons. The Morgan fingerprint density at radius 2 is 1.91 bits per heavy atom. The molecule has 0 atom stereocenters. The topological polar surface area (TPSA) is 73.8 Å². The van der Waals surface area contributed by atoms with E-state index in [1.54, 1.807) is 29.4 Å². The molecule has 3 heterocycles. The van der Waals surface area contributed by atoms with Gasteiger partial charge in [0.1, 0.15) is 19.0 Å². The van der Waals surface area contributed by atoms with E-state index < -0.39 is 0 Å². The van der Waals surface area contributed by atoms with Crippen molar-refractivity contribution >= 4 is 32.6 Å². The lowest BCUT2D eigenvalue weighted by atomic mass is 10.1. The Morgan fingerprint density at radius 1 is 1.12 bits per heavy atom. The van der Waals surface area contributed by atoms with Crippen molar-refractivity contribution in [1.82, 2.24) is 9.97 Å². The molecule has 0 bridgehead atoms. The lowest BCUT2D eigenvalue weighted by Crippen LogP contribution is -2.30. The zero-order valence-corrected chi connectivity index (χ0v) is 19.7. The number of nitrogens with zero attached hydrogens (tertiary/aromatic N) is 3. The molecule has 0 fully saturated rings. The van der Waals surface area contributed by atoms with E-state index in [-0.39, 0.29) is 5.91 Å². The molecule has 0 N–H and O–H groups in total. The first kappa shape index (κ1) is 22.2. The quantitative estimate of drug-likeness (QED) is 0.314. The van der Waals surface area contributed by atoms with Crippen LogP contribution >= 0.6 is 11.3 Å². The minimum absolute atomic E-state index is 0.139. The van der Waals surface area contributed by atoms with E-state index in [2.05, 4.69) is 11.9 Å². The van der Waals surface area contributed by atoms with Crippen LogP contribution in [0.1, 0.15) is 35.7 Å². The van der Waals surface area contributed by atoms with Crippen molar-refractivity contribution < 1.29 is 19.0 Å². The summed E-state index contributed by atoms with van der Waals surface area (Å²) in [6, 6.07) is 14.9. The molecule has 1 aliphatic rings. The van der Waals surface area contributed by atoms with Gasteiger partial charge in [0.2, 0.25) is 0 Å². The summed E-state index contributed by atoms with van der Waals surface area (Å²) in [5.74, 6) is 2.01. The van der Waals surface area contributed by atoms with E-state index in [0.29, 0.717) is 48.6 Å². The predicted molar refractivity (Wildman–Crippen MR) is 132 cm³/mol. The van der Waals surface area contributed by atoms with Gasteiger partial charge in [0.05, 0.1) is 23.4 Å². The molecule has 1 aliphatic heterocycles. The number of anilines is 1. The zero-order chi connectivity index (χ0) is 23.3. The lowest BCUT2D eigenvalue weighted by Gasteiger charge is -2.20. The second-order valence-electron chi connectivity index (χ2n) is 7.94. The summed E-state index contributed by atoms with van der Waals surface area (Å²) in [6.07, 6.45) is 5.55. The van der Waals surface area contributed by atoms with Gasteiger partial charge in [0, 0.05) is 30.1 Å². The van der Waals surface area contributed by atoms with Gasteiger partial charge in [-0.3, -0.25) is 14.7 Å². The summed E-state index contributed by atoms with van der Waals surface area (Å²) in [5, 5.41) is 0.606. The molecule has 8 heteroatoms. The van der Waals surface area contributed by atoms with Crippen molar-refractivity contribution in [2.24, 2.45) is 0 Å². The van der Waals surface area contributed by atoms with Crippen LogP contribution in [-0.4, -0.2) is 35.7 Å². The highest BCUT2D eigenvalue weighted by Gasteiger charge is 2.23. The van der Waals surface area contributed by atoms with E-state index in [1.165, 1.54) is 11.3 Å². The smallest absolute Gasteiger partial charge is 0.260 e. The first-order valence-corrected chi connectivity index (χ1v) is 12.2. The fourth-order valence-electron chi connectivity index (χ4n) is 3.65. The number of amides is 1. The SMILES string of the molecule is CCCCOc1ccc(C(=O)N(Cc2cccnc2)c2nc3cc4c(cc3s2)OCCO4)cc1. The number of hydrogen-bond acceptors (Lipinski definition) is 7. The molecule has 1 amide bonds. The second kappa shape index (κ2) is 10.1. The number of unbranched alkanes of at least 4 members (excludes halogenated alkanes) is 1. The molecule has 7 nitrogen and oxygen atoms in total. The monoisotopic (exact) mass is 475 g/mol. The predicted octanol–water partition coefficient (Wildman–Crippen LogP) is 5.49. The van der Waals surface area contributed by atoms with Gasteiger partial charge in [-0.1, -0.05) is 30.7 Å². The average Bonchev–Trinajstić information content (AvgIpc) is 3.29. The summed E-state index contributed by atoms with van der Waals surface area (Å²) in [4.78, 5) is 24.3. The van der Waals surface area contributed by atoms with Crippen LogP contribution in [0.2, 0.25) is 0 Å². The standard InChI is InChI=1S/C26H25N3O4S/c1-2-3-11-31-20-8-6-19(7-9-20)25(30)29(17-18-5-4-10-27-16-18)26-28-21-14-22-23(15-24(21)34-26)33-13-12-32-22/h4-10,14-16H,2-3,11-13,17H2,1H3. The molecule has 0 radical (unpaired) electrons. The fourth-order valence-corrected chi connectivity index (χ4v) is 4.63. The van der Waals surface area contributed by atoms with Crippen molar-refractivity contribution in [2.45, 2.75) is 26.3 Å². The molecule has 0 unspecified atom stereocenters. The van der Waals surface area contributed by atoms with Gasteiger partial charge >= 0.3 is 0 Å². The number of benzene rings is 2. The number of rotatable bonds is 8. The first-order valence-electron chi connectivity index (χ1n) is 11.3. The summed E-state index contributed by atoms with van der Waals surface area (Å²) >= 11 is 1.45. The first-order chi connectivity index (χ1) is 16.7. The van der Waals surface area contributed by atoms with Crippen molar-refractivity contribution in [3.63, 3.8) is 0 Å². The third kappa shape index (κ3) is 4.82. The summed E-state index contributed by atoms with van der Waals surface area (Å²) in [7, 11) is 0. The number of pyridine rings is 1. The molecular weight excluding hydrogens is 450 g/mol. The molecule has 0 saturated heterocycles. The molecule has 0 saturated carbocycles. The molecule has 5 rings (SSSR count). The largest absolute Gasteiger partial charge is 0.494 e. The molecule has 0 spiro atoms. The lowest BCUT2D eigenvalue weighted by molar-refractivity contribution is 0.0985. The van der Waals surface area contributed by atoms with Crippen LogP contribution in [0.4, 0.5) is 5.13 Å². The van der Waals surface area contributed by atoms with Gasteiger partial charge in [-0.05, 0) is 42.3 Å². The van der Waals surface area contributed by atoms with Crippen molar-refractivity contribution in [3.8, 4) is 17.2 Å². The van der Waals surface area contributed by atoms with Gasteiger partial charge < -0.3 is 14.2 Å².